The topological polar surface area (TPSA) is 97.5 Å². The van der Waals surface area contributed by atoms with E-state index in [0.717, 1.165) is 23.8 Å². The fraction of sp³-hybridized carbons (Fsp3) is 0.391. The quantitative estimate of drug-likeness (QED) is 0.235. The number of guanidine groups is 1. The average molecular weight is 550 g/mol. The molecule has 0 saturated carbocycles. The number of aliphatic imine (C=N–C) groups is 1. The van der Waals surface area contributed by atoms with Crippen molar-refractivity contribution in [3.63, 3.8) is 0 Å². The minimum atomic E-state index is 0. The summed E-state index contributed by atoms with van der Waals surface area (Å²) < 4.78 is 11.3. The predicted molar refractivity (Wildman–Crippen MR) is 136 cm³/mol. The first-order valence-corrected chi connectivity index (χ1v) is 10.6. The minimum Gasteiger partial charge on any atom is -0.491 e. The summed E-state index contributed by atoms with van der Waals surface area (Å²) >= 11 is 0. The summed E-state index contributed by atoms with van der Waals surface area (Å²) in [6, 6.07) is 11.8. The Hall–Kier alpha value is -2.69. The first-order chi connectivity index (χ1) is 15.0. The molecule has 3 rings (SSSR count). The number of benzene rings is 1. The van der Waals surface area contributed by atoms with Gasteiger partial charge in [0, 0.05) is 31.3 Å². The Morgan fingerprint density at radius 2 is 2.03 bits per heavy atom. The highest BCUT2D eigenvalue weighted by Gasteiger charge is 2.10. The van der Waals surface area contributed by atoms with Crippen LogP contribution in [-0.4, -0.2) is 40.3 Å². The standard InChI is InChI=1S/C23H30N6O2.HI/c1-5-24-23(27-15-18-10-9-17(4)14-20(18)30-16(2)3)26-13-11-21-28-22(31-29-21)19-8-6-7-12-25-19;/h6-10,12,14,16H,5,11,13,15H2,1-4H3,(H2,24,26,27);1H. The summed E-state index contributed by atoms with van der Waals surface area (Å²) in [6.07, 6.45) is 2.42. The Morgan fingerprint density at radius 1 is 1.19 bits per heavy atom. The second kappa shape index (κ2) is 13.0. The van der Waals surface area contributed by atoms with Gasteiger partial charge in [-0.15, -0.1) is 24.0 Å². The molecule has 0 saturated heterocycles. The lowest BCUT2D eigenvalue weighted by Crippen LogP contribution is -2.38. The van der Waals surface area contributed by atoms with Gasteiger partial charge in [-0.2, -0.15) is 4.98 Å². The first kappa shape index (κ1) is 25.6. The number of rotatable bonds is 9. The van der Waals surface area contributed by atoms with Crippen molar-refractivity contribution in [2.75, 3.05) is 13.1 Å². The third-order valence-electron chi connectivity index (χ3n) is 4.33. The van der Waals surface area contributed by atoms with Crippen LogP contribution in [0, 0.1) is 6.92 Å². The highest BCUT2D eigenvalue weighted by Crippen LogP contribution is 2.22. The summed E-state index contributed by atoms with van der Waals surface area (Å²) in [6.45, 7) is 10.1. The molecule has 0 fully saturated rings. The molecule has 2 aromatic heterocycles. The first-order valence-electron chi connectivity index (χ1n) is 10.6. The van der Waals surface area contributed by atoms with Crippen LogP contribution in [0.3, 0.4) is 0 Å². The number of nitrogens with zero attached hydrogens (tertiary/aromatic N) is 4. The van der Waals surface area contributed by atoms with Gasteiger partial charge in [0.1, 0.15) is 11.4 Å². The van der Waals surface area contributed by atoms with Crippen molar-refractivity contribution in [3.05, 3.63) is 59.5 Å². The molecule has 2 heterocycles. The van der Waals surface area contributed by atoms with Crippen molar-refractivity contribution in [2.24, 2.45) is 4.99 Å². The summed E-state index contributed by atoms with van der Waals surface area (Å²) in [7, 11) is 0. The van der Waals surface area contributed by atoms with E-state index in [0.29, 0.717) is 36.9 Å². The van der Waals surface area contributed by atoms with Gasteiger partial charge in [-0.25, -0.2) is 4.99 Å². The maximum atomic E-state index is 5.95. The normalized spacial score (nSPS) is 11.2. The van der Waals surface area contributed by atoms with Crippen molar-refractivity contribution >= 4 is 29.9 Å². The zero-order valence-electron chi connectivity index (χ0n) is 19.0. The number of nitrogens with one attached hydrogen (secondary N) is 2. The fourth-order valence-corrected chi connectivity index (χ4v) is 2.90. The number of ether oxygens (including phenoxy) is 1. The van der Waals surface area contributed by atoms with Gasteiger partial charge in [-0.05, 0) is 51.5 Å². The lowest BCUT2D eigenvalue weighted by atomic mass is 10.1. The average Bonchev–Trinajstić information content (AvgIpc) is 3.22. The molecule has 0 radical (unpaired) electrons. The van der Waals surface area contributed by atoms with Crippen molar-refractivity contribution in [3.8, 4) is 17.3 Å². The van der Waals surface area contributed by atoms with Gasteiger partial charge < -0.3 is 19.9 Å². The van der Waals surface area contributed by atoms with Gasteiger partial charge in [0.15, 0.2) is 11.8 Å². The molecule has 32 heavy (non-hydrogen) atoms. The molecule has 9 heteroatoms. The molecule has 1 aromatic carbocycles. The monoisotopic (exact) mass is 550 g/mol. The molecule has 3 aromatic rings. The van der Waals surface area contributed by atoms with E-state index in [1.165, 1.54) is 5.56 Å². The summed E-state index contributed by atoms with van der Waals surface area (Å²) in [5.74, 6) is 2.65. The number of pyridine rings is 1. The van der Waals surface area contributed by atoms with E-state index in [4.69, 9.17) is 14.3 Å². The van der Waals surface area contributed by atoms with Gasteiger partial charge >= 0.3 is 0 Å². The van der Waals surface area contributed by atoms with Crippen molar-refractivity contribution in [2.45, 2.75) is 46.8 Å². The predicted octanol–water partition coefficient (Wildman–Crippen LogP) is 4.14. The van der Waals surface area contributed by atoms with Crippen molar-refractivity contribution < 1.29 is 9.26 Å². The van der Waals surface area contributed by atoms with Crippen LogP contribution in [0.2, 0.25) is 0 Å². The van der Waals surface area contributed by atoms with Crippen LogP contribution in [-0.2, 0) is 13.0 Å². The van der Waals surface area contributed by atoms with Crippen molar-refractivity contribution in [1.82, 2.24) is 25.8 Å². The van der Waals surface area contributed by atoms with Crippen molar-refractivity contribution in [1.29, 1.82) is 0 Å². The van der Waals surface area contributed by atoms with E-state index in [1.807, 2.05) is 39.0 Å². The fourth-order valence-electron chi connectivity index (χ4n) is 2.90. The van der Waals surface area contributed by atoms with Gasteiger partial charge in [0.05, 0.1) is 12.6 Å². The number of aromatic nitrogens is 3. The van der Waals surface area contributed by atoms with E-state index in [-0.39, 0.29) is 30.1 Å². The minimum absolute atomic E-state index is 0. The number of hydrogen-bond donors (Lipinski definition) is 2. The Balaban J connectivity index is 0.00000363. The molecule has 2 N–H and O–H groups in total. The second-order valence-corrected chi connectivity index (χ2v) is 7.38. The van der Waals surface area contributed by atoms with Crippen LogP contribution in [0.25, 0.3) is 11.6 Å². The number of halogens is 1. The summed E-state index contributed by atoms with van der Waals surface area (Å²) in [5, 5.41) is 10.6. The van der Waals surface area contributed by atoms with Gasteiger partial charge in [-0.3, -0.25) is 4.98 Å². The molecule has 0 aliphatic rings. The van der Waals surface area contributed by atoms with E-state index in [9.17, 15) is 0 Å². The molecule has 0 aliphatic carbocycles. The zero-order chi connectivity index (χ0) is 22.1. The van der Waals surface area contributed by atoms with Crippen LogP contribution in [0.4, 0.5) is 0 Å². The molecule has 0 aliphatic heterocycles. The van der Waals surface area contributed by atoms with Crippen LogP contribution < -0.4 is 15.4 Å². The van der Waals surface area contributed by atoms with Crippen LogP contribution in [0.1, 0.15) is 37.7 Å². The molecule has 8 nitrogen and oxygen atoms in total. The van der Waals surface area contributed by atoms with Gasteiger partial charge in [-0.1, -0.05) is 23.4 Å². The summed E-state index contributed by atoms with van der Waals surface area (Å²) in [5.41, 5.74) is 2.88. The highest BCUT2D eigenvalue weighted by atomic mass is 127. The molecule has 0 bridgehead atoms. The highest BCUT2D eigenvalue weighted by molar-refractivity contribution is 14.0. The lowest BCUT2D eigenvalue weighted by Gasteiger charge is -2.15. The second-order valence-electron chi connectivity index (χ2n) is 7.38. The Kier molecular flexibility index (Phi) is 10.4. The third kappa shape index (κ3) is 7.77. The molecule has 0 atom stereocenters. The molecular weight excluding hydrogens is 519 g/mol. The molecule has 0 spiro atoms. The van der Waals surface area contributed by atoms with Crippen LogP contribution in [0.15, 0.2) is 52.1 Å². The van der Waals surface area contributed by atoms with Crippen LogP contribution >= 0.6 is 24.0 Å². The van der Waals surface area contributed by atoms with Gasteiger partial charge in [0.25, 0.3) is 5.89 Å². The maximum absolute atomic E-state index is 5.95. The van der Waals surface area contributed by atoms with Gasteiger partial charge in [0.2, 0.25) is 0 Å². The molecule has 0 amide bonds. The number of aryl methyl sites for hydroxylation is 1. The Bertz CT molecular complexity index is 991. The summed E-state index contributed by atoms with van der Waals surface area (Å²) in [4.78, 5) is 13.3. The lowest BCUT2D eigenvalue weighted by molar-refractivity contribution is 0.240. The Morgan fingerprint density at radius 3 is 2.75 bits per heavy atom. The third-order valence-corrected chi connectivity index (χ3v) is 4.33. The largest absolute Gasteiger partial charge is 0.491 e. The maximum Gasteiger partial charge on any atom is 0.276 e. The zero-order valence-corrected chi connectivity index (χ0v) is 21.3. The molecular formula is C23H31IN6O2. The van der Waals surface area contributed by atoms with Crippen LogP contribution in [0.5, 0.6) is 5.75 Å². The SMILES string of the molecule is CCNC(=NCc1ccc(C)cc1OC(C)C)NCCc1noc(-c2ccccn2)n1.I. The van der Waals surface area contributed by atoms with E-state index in [1.54, 1.807) is 6.20 Å². The van der Waals surface area contributed by atoms with E-state index < -0.39 is 0 Å². The molecule has 0 unspecified atom stereocenters. The van der Waals surface area contributed by atoms with E-state index in [2.05, 4.69) is 50.9 Å². The number of hydrogen-bond acceptors (Lipinski definition) is 6. The smallest absolute Gasteiger partial charge is 0.276 e. The molecule has 172 valence electrons. The van der Waals surface area contributed by atoms with E-state index >= 15 is 0 Å². The Labute approximate surface area is 206 Å².